The van der Waals surface area contributed by atoms with E-state index < -0.39 is 23.8 Å². The molecular weight excluding hydrogens is 285 g/mol. The molecule has 1 aliphatic carbocycles. The lowest BCUT2D eigenvalue weighted by molar-refractivity contribution is -0.197. The molecule has 0 N–H and O–H groups in total. The van der Waals surface area contributed by atoms with Crippen LogP contribution in [0, 0.1) is 11.8 Å². The monoisotopic (exact) mass is 302 g/mol. The van der Waals surface area contributed by atoms with Gasteiger partial charge in [-0.25, -0.2) is 9.97 Å². The number of halogens is 3. The van der Waals surface area contributed by atoms with Crippen molar-refractivity contribution in [3.63, 3.8) is 0 Å². The van der Waals surface area contributed by atoms with Gasteiger partial charge < -0.3 is 4.74 Å². The van der Waals surface area contributed by atoms with Gasteiger partial charge in [0, 0.05) is 18.4 Å². The van der Waals surface area contributed by atoms with E-state index in [0.29, 0.717) is 30.8 Å². The molecule has 0 bridgehead atoms. The zero-order chi connectivity index (χ0) is 15.5. The van der Waals surface area contributed by atoms with Crippen LogP contribution in [-0.4, -0.2) is 29.0 Å². The summed E-state index contributed by atoms with van der Waals surface area (Å²) in [7, 11) is 1.43. The smallest absolute Gasteiger partial charge is 0.392 e. The number of hydrogen-bond donors (Lipinski definition) is 0. The van der Waals surface area contributed by atoms with Gasteiger partial charge in [-0.1, -0.05) is 12.8 Å². The Morgan fingerprint density at radius 3 is 2.71 bits per heavy atom. The molecule has 2 unspecified atom stereocenters. The molecule has 1 aliphatic rings. The van der Waals surface area contributed by atoms with Gasteiger partial charge in [0.15, 0.2) is 0 Å². The lowest BCUT2D eigenvalue weighted by Gasteiger charge is -2.31. The normalized spacial score (nSPS) is 22.9. The summed E-state index contributed by atoms with van der Waals surface area (Å²) in [6, 6.07) is 1.48. The van der Waals surface area contributed by atoms with Crippen LogP contribution in [0.15, 0.2) is 12.4 Å². The molecule has 1 aromatic heterocycles. The fourth-order valence-corrected chi connectivity index (χ4v) is 2.80. The van der Waals surface area contributed by atoms with Gasteiger partial charge in [0.25, 0.3) is 0 Å². The highest BCUT2D eigenvalue weighted by Gasteiger charge is 2.47. The molecule has 1 heterocycles. The third kappa shape index (κ3) is 3.92. The largest absolute Gasteiger partial charge is 0.481 e. The molecule has 0 aromatic carbocycles. The van der Waals surface area contributed by atoms with Crippen LogP contribution in [0.2, 0.25) is 0 Å². The summed E-state index contributed by atoms with van der Waals surface area (Å²) in [6.45, 7) is 0. The molecule has 0 saturated heterocycles. The van der Waals surface area contributed by atoms with E-state index >= 15 is 0 Å². The van der Waals surface area contributed by atoms with Gasteiger partial charge in [0.1, 0.15) is 12.1 Å². The Kier molecular flexibility index (Phi) is 4.80. The maximum Gasteiger partial charge on any atom is 0.392 e. The SMILES string of the molecule is COc1cc(CC(=O)C2CCCCC2C(F)(F)F)ncn1. The Balaban J connectivity index is 2.10. The number of carbonyl (C=O) groups is 1. The van der Waals surface area contributed by atoms with Crippen molar-refractivity contribution in [2.24, 2.45) is 11.8 Å². The van der Waals surface area contributed by atoms with Gasteiger partial charge >= 0.3 is 6.18 Å². The Labute approximate surface area is 120 Å². The minimum Gasteiger partial charge on any atom is -0.481 e. The highest BCUT2D eigenvalue weighted by Crippen LogP contribution is 2.42. The van der Waals surface area contributed by atoms with Crippen molar-refractivity contribution >= 4 is 5.78 Å². The van der Waals surface area contributed by atoms with E-state index in [4.69, 9.17) is 4.74 Å². The molecule has 1 aromatic rings. The zero-order valence-electron chi connectivity index (χ0n) is 11.7. The van der Waals surface area contributed by atoms with Crippen LogP contribution in [0.4, 0.5) is 13.2 Å². The van der Waals surface area contributed by atoms with Crippen molar-refractivity contribution in [1.29, 1.82) is 0 Å². The van der Waals surface area contributed by atoms with E-state index in [9.17, 15) is 18.0 Å². The molecule has 0 radical (unpaired) electrons. The van der Waals surface area contributed by atoms with E-state index in [1.165, 1.54) is 19.5 Å². The Hall–Kier alpha value is -1.66. The maximum atomic E-state index is 13.0. The summed E-state index contributed by atoms with van der Waals surface area (Å²) in [4.78, 5) is 19.9. The minimum absolute atomic E-state index is 0.0347. The molecule has 1 fully saturated rings. The van der Waals surface area contributed by atoms with Crippen LogP contribution in [0.5, 0.6) is 5.88 Å². The molecule has 2 atom stereocenters. The van der Waals surface area contributed by atoms with Crippen molar-refractivity contribution in [3.8, 4) is 5.88 Å². The molecule has 1 saturated carbocycles. The summed E-state index contributed by atoms with van der Waals surface area (Å²) >= 11 is 0. The molecule has 2 rings (SSSR count). The minimum atomic E-state index is -4.32. The van der Waals surface area contributed by atoms with Crippen LogP contribution < -0.4 is 4.74 Å². The standard InChI is InChI=1S/C14H17F3N2O2/c1-21-13-7-9(18-8-19-13)6-12(20)10-4-2-3-5-11(10)14(15,16)17/h7-8,10-11H,2-6H2,1H3. The third-order valence-corrected chi connectivity index (χ3v) is 3.86. The van der Waals surface area contributed by atoms with Crippen LogP contribution in [0.1, 0.15) is 31.4 Å². The number of ether oxygens (including phenoxy) is 1. The summed E-state index contributed by atoms with van der Waals surface area (Å²) in [5.74, 6) is -2.59. The number of rotatable bonds is 4. The fraction of sp³-hybridized carbons (Fsp3) is 0.643. The van der Waals surface area contributed by atoms with Crippen LogP contribution in [0.3, 0.4) is 0 Å². The van der Waals surface area contributed by atoms with Crippen molar-refractivity contribution < 1.29 is 22.7 Å². The predicted octanol–water partition coefficient (Wildman–Crippen LogP) is 2.97. The highest BCUT2D eigenvalue weighted by molar-refractivity contribution is 5.83. The molecule has 21 heavy (non-hydrogen) atoms. The number of aromatic nitrogens is 2. The van der Waals surface area contributed by atoms with E-state index in [1.54, 1.807) is 0 Å². The number of alkyl halides is 3. The molecule has 0 amide bonds. The maximum absolute atomic E-state index is 13.0. The Morgan fingerprint density at radius 1 is 1.33 bits per heavy atom. The Bertz CT molecular complexity index is 505. The quantitative estimate of drug-likeness (QED) is 0.858. The van der Waals surface area contributed by atoms with Gasteiger partial charge in [0.05, 0.1) is 18.7 Å². The van der Waals surface area contributed by atoms with Gasteiger partial charge in [-0.15, -0.1) is 0 Å². The van der Waals surface area contributed by atoms with E-state index in [0.717, 1.165) is 0 Å². The number of ketones is 1. The Morgan fingerprint density at radius 2 is 2.05 bits per heavy atom. The first-order valence-corrected chi connectivity index (χ1v) is 6.86. The summed E-state index contributed by atoms with van der Waals surface area (Å²) in [6.07, 6.45) is -1.67. The molecular formula is C14H17F3N2O2. The molecule has 116 valence electrons. The van der Waals surface area contributed by atoms with E-state index in [2.05, 4.69) is 9.97 Å². The predicted molar refractivity (Wildman–Crippen MR) is 68.8 cm³/mol. The van der Waals surface area contributed by atoms with Crippen molar-refractivity contribution in [2.75, 3.05) is 7.11 Å². The second-order valence-corrected chi connectivity index (χ2v) is 5.23. The summed E-state index contributed by atoms with van der Waals surface area (Å²) in [5, 5.41) is 0. The summed E-state index contributed by atoms with van der Waals surface area (Å²) < 4.78 is 43.9. The number of hydrogen-bond acceptors (Lipinski definition) is 4. The number of Topliss-reactive ketones (excluding diaryl/α,β-unsaturated/α-hetero) is 1. The molecule has 0 spiro atoms. The zero-order valence-corrected chi connectivity index (χ0v) is 11.7. The topological polar surface area (TPSA) is 52.1 Å². The van der Waals surface area contributed by atoms with Gasteiger partial charge in [-0.2, -0.15) is 13.2 Å². The third-order valence-electron chi connectivity index (χ3n) is 3.86. The van der Waals surface area contributed by atoms with Gasteiger partial charge in [-0.3, -0.25) is 4.79 Å². The van der Waals surface area contributed by atoms with Gasteiger partial charge in [-0.05, 0) is 12.8 Å². The van der Waals surface area contributed by atoms with Gasteiger partial charge in [0.2, 0.25) is 5.88 Å². The van der Waals surface area contributed by atoms with E-state index in [-0.39, 0.29) is 12.8 Å². The first-order chi connectivity index (χ1) is 9.91. The van der Waals surface area contributed by atoms with Crippen molar-refractivity contribution in [2.45, 2.75) is 38.3 Å². The lowest BCUT2D eigenvalue weighted by atomic mass is 9.75. The van der Waals surface area contributed by atoms with Crippen molar-refractivity contribution in [1.82, 2.24) is 9.97 Å². The lowest BCUT2D eigenvalue weighted by Crippen LogP contribution is -2.38. The van der Waals surface area contributed by atoms with Crippen LogP contribution >= 0.6 is 0 Å². The molecule has 7 heteroatoms. The molecule has 0 aliphatic heterocycles. The highest BCUT2D eigenvalue weighted by atomic mass is 19.4. The number of carbonyl (C=O) groups excluding carboxylic acids is 1. The first-order valence-electron chi connectivity index (χ1n) is 6.86. The average molecular weight is 302 g/mol. The second kappa shape index (κ2) is 6.41. The molecule has 4 nitrogen and oxygen atoms in total. The second-order valence-electron chi connectivity index (χ2n) is 5.23. The van der Waals surface area contributed by atoms with Crippen molar-refractivity contribution in [3.05, 3.63) is 18.1 Å². The van der Waals surface area contributed by atoms with Crippen LogP contribution in [0.25, 0.3) is 0 Å². The number of nitrogens with zero attached hydrogens (tertiary/aromatic N) is 2. The summed E-state index contributed by atoms with van der Waals surface area (Å²) in [5.41, 5.74) is 0.387. The average Bonchev–Trinajstić information content (AvgIpc) is 2.46. The van der Waals surface area contributed by atoms with E-state index in [1.807, 2.05) is 0 Å². The first kappa shape index (κ1) is 15.7. The number of methoxy groups -OCH3 is 1. The fourth-order valence-electron chi connectivity index (χ4n) is 2.80. The van der Waals surface area contributed by atoms with Crippen LogP contribution in [-0.2, 0) is 11.2 Å².